The molecule has 134 valence electrons. The molecule has 0 saturated carbocycles. The Morgan fingerprint density at radius 1 is 1.12 bits per heavy atom. The van der Waals surface area contributed by atoms with Crippen LogP contribution in [0.3, 0.4) is 0 Å². The molecule has 2 N–H and O–H groups in total. The number of aromatic hydroxyl groups is 2. The summed E-state index contributed by atoms with van der Waals surface area (Å²) in [5, 5.41) is 21.2. The van der Waals surface area contributed by atoms with Crippen molar-refractivity contribution in [1.82, 2.24) is 4.98 Å². The van der Waals surface area contributed by atoms with Gasteiger partial charge < -0.3 is 15.1 Å². The lowest BCUT2D eigenvalue weighted by atomic mass is 9.98. The van der Waals surface area contributed by atoms with Crippen LogP contribution >= 0.6 is 0 Å². The molecule has 3 rings (SSSR count). The third-order valence-electron chi connectivity index (χ3n) is 4.46. The van der Waals surface area contributed by atoms with Gasteiger partial charge in [0.25, 0.3) is 5.91 Å². The number of carbonyl (C=O) groups excluding carboxylic acids is 1. The first-order chi connectivity index (χ1) is 12.4. The Morgan fingerprint density at radius 2 is 1.88 bits per heavy atom. The molecule has 1 amide bonds. The molecule has 3 aromatic rings. The number of phenols is 2. The highest BCUT2D eigenvalue weighted by molar-refractivity contribution is 6.08. The molecule has 0 radical (unpaired) electrons. The van der Waals surface area contributed by atoms with Crippen molar-refractivity contribution in [2.24, 2.45) is 0 Å². The fourth-order valence-electron chi connectivity index (χ4n) is 3.05. The summed E-state index contributed by atoms with van der Waals surface area (Å²) in [6.07, 6.45) is 1.73. The summed E-state index contributed by atoms with van der Waals surface area (Å²) in [7, 11) is 0. The normalized spacial score (nSPS) is 11.1. The van der Waals surface area contributed by atoms with E-state index in [4.69, 9.17) is 0 Å². The van der Waals surface area contributed by atoms with Gasteiger partial charge in [-0.2, -0.15) is 0 Å². The Kier molecular flexibility index (Phi) is 4.80. The highest BCUT2D eigenvalue weighted by Gasteiger charge is 2.22. The molecule has 1 heterocycles. The van der Waals surface area contributed by atoms with Crippen molar-refractivity contribution in [2.75, 3.05) is 11.4 Å². The van der Waals surface area contributed by atoms with E-state index in [1.807, 2.05) is 51.1 Å². The number of fused-ring (bicyclic) bond motifs is 1. The van der Waals surface area contributed by atoms with Gasteiger partial charge in [-0.1, -0.05) is 19.9 Å². The van der Waals surface area contributed by atoms with E-state index >= 15 is 0 Å². The second kappa shape index (κ2) is 7.04. The third kappa shape index (κ3) is 3.20. The van der Waals surface area contributed by atoms with Gasteiger partial charge in [-0.3, -0.25) is 9.78 Å². The van der Waals surface area contributed by atoms with Crippen molar-refractivity contribution in [3.8, 4) is 11.5 Å². The monoisotopic (exact) mass is 350 g/mol. The maximum Gasteiger partial charge on any atom is 0.262 e. The molecule has 0 unspecified atom stereocenters. The summed E-state index contributed by atoms with van der Waals surface area (Å²) < 4.78 is 0. The number of benzene rings is 2. The van der Waals surface area contributed by atoms with Crippen LogP contribution in [0.1, 0.15) is 42.6 Å². The van der Waals surface area contributed by atoms with Gasteiger partial charge in [0.15, 0.2) is 0 Å². The Hall–Kier alpha value is -3.08. The lowest BCUT2D eigenvalue weighted by Crippen LogP contribution is -2.30. The first-order valence-electron chi connectivity index (χ1n) is 8.65. The molecular weight excluding hydrogens is 328 g/mol. The number of nitrogens with zero attached hydrogens (tertiary/aromatic N) is 2. The van der Waals surface area contributed by atoms with Gasteiger partial charge in [0.2, 0.25) is 0 Å². The van der Waals surface area contributed by atoms with E-state index in [0.717, 1.165) is 16.6 Å². The van der Waals surface area contributed by atoms with E-state index in [1.165, 1.54) is 6.07 Å². The largest absolute Gasteiger partial charge is 0.508 e. The first kappa shape index (κ1) is 17.7. The molecule has 0 aliphatic carbocycles. The minimum absolute atomic E-state index is 0.00567. The summed E-state index contributed by atoms with van der Waals surface area (Å²) in [4.78, 5) is 19.0. The molecular formula is C21H22N2O3. The molecule has 0 spiro atoms. The number of phenolic OH excluding ortho intramolecular Hbond substituents is 2. The fourth-order valence-corrected chi connectivity index (χ4v) is 3.05. The van der Waals surface area contributed by atoms with Crippen molar-refractivity contribution in [1.29, 1.82) is 0 Å². The lowest BCUT2D eigenvalue weighted by Gasteiger charge is -2.23. The number of pyridine rings is 1. The molecule has 5 heteroatoms. The molecule has 1 aromatic heterocycles. The van der Waals surface area contributed by atoms with Gasteiger partial charge in [0.05, 0.1) is 11.1 Å². The predicted molar refractivity (Wildman–Crippen MR) is 103 cm³/mol. The van der Waals surface area contributed by atoms with Crippen LogP contribution in [0.5, 0.6) is 11.5 Å². The molecule has 5 nitrogen and oxygen atoms in total. The summed E-state index contributed by atoms with van der Waals surface area (Å²) in [6, 6.07) is 12.2. The first-order valence-corrected chi connectivity index (χ1v) is 8.65. The molecule has 0 saturated heterocycles. The number of hydrogen-bond acceptors (Lipinski definition) is 4. The van der Waals surface area contributed by atoms with Crippen LogP contribution in [0.25, 0.3) is 10.9 Å². The van der Waals surface area contributed by atoms with Crippen LogP contribution in [0.15, 0.2) is 48.7 Å². The number of amides is 1. The number of aromatic nitrogens is 1. The molecule has 0 bridgehead atoms. The molecule has 0 aliphatic heterocycles. The fraction of sp³-hybridized carbons (Fsp3) is 0.238. The average Bonchev–Trinajstić information content (AvgIpc) is 2.61. The number of hydrogen-bond donors (Lipinski definition) is 2. The summed E-state index contributed by atoms with van der Waals surface area (Å²) in [5.74, 6) is -0.509. The highest BCUT2D eigenvalue weighted by Crippen LogP contribution is 2.33. The SMILES string of the molecule is CCN(C(=O)c1cc(C(C)C)c(O)cc1O)c1ccc2ncccc2c1. The van der Waals surface area contributed by atoms with Crippen LogP contribution in [0.4, 0.5) is 5.69 Å². The van der Waals surface area contributed by atoms with Gasteiger partial charge in [0.1, 0.15) is 11.5 Å². The van der Waals surface area contributed by atoms with Gasteiger partial charge in [-0.05, 0) is 48.7 Å². The molecule has 0 fully saturated rings. The molecule has 0 atom stereocenters. The summed E-state index contributed by atoms with van der Waals surface area (Å²) in [6.45, 7) is 6.18. The van der Waals surface area contributed by atoms with Crippen molar-refractivity contribution in [2.45, 2.75) is 26.7 Å². The lowest BCUT2D eigenvalue weighted by molar-refractivity contribution is 0.0985. The van der Waals surface area contributed by atoms with E-state index in [2.05, 4.69) is 4.98 Å². The molecule has 2 aromatic carbocycles. The topological polar surface area (TPSA) is 73.7 Å². The number of anilines is 1. The van der Waals surface area contributed by atoms with E-state index in [9.17, 15) is 15.0 Å². The zero-order chi connectivity index (χ0) is 18.8. The van der Waals surface area contributed by atoms with Crippen LogP contribution in [-0.2, 0) is 0 Å². The van der Waals surface area contributed by atoms with Crippen molar-refractivity contribution in [3.63, 3.8) is 0 Å². The second-order valence-electron chi connectivity index (χ2n) is 6.51. The average molecular weight is 350 g/mol. The van der Waals surface area contributed by atoms with Crippen LogP contribution in [0.2, 0.25) is 0 Å². The Bertz CT molecular complexity index is 967. The predicted octanol–water partition coefficient (Wildman–Crippen LogP) is 4.44. The smallest absolute Gasteiger partial charge is 0.262 e. The Morgan fingerprint density at radius 3 is 2.58 bits per heavy atom. The highest BCUT2D eigenvalue weighted by atomic mass is 16.3. The van der Waals surface area contributed by atoms with Crippen molar-refractivity contribution in [3.05, 3.63) is 59.8 Å². The summed E-state index contributed by atoms with van der Waals surface area (Å²) >= 11 is 0. The standard InChI is InChI=1S/C21H22N2O3/c1-4-23(15-7-8-18-14(10-15)6-5-9-22-18)21(26)17-11-16(13(2)3)19(24)12-20(17)25/h5-13,24-25H,4H2,1-3H3. The van der Waals surface area contributed by atoms with Crippen LogP contribution in [0, 0.1) is 0 Å². The molecule has 26 heavy (non-hydrogen) atoms. The quantitative estimate of drug-likeness (QED) is 0.730. The summed E-state index contributed by atoms with van der Waals surface area (Å²) in [5.41, 5.74) is 2.40. The second-order valence-corrected chi connectivity index (χ2v) is 6.51. The number of carbonyl (C=O) groups is 1. The zero-order valence-corrected chi connectivity index (χ0v) is 15.1. The van der Waals surface area contributed by atoms with Crippen molar-refractivity contribution < 1.29 is 15.0 Å². The Balaban J connectivity index is 2.04. The zero-order valence-electron chi connectivity index (χ0n) is 15.1. The minimum Gasteiger partial charge on any atom is -0.508 e. The Labute approximate surface area is 152 Å². The molecule has 0 aliphatic rings. The van der Waals surface area contributed by atoms with Gasteiger partial charge >= 0.3 is 0 Å². The van der Waals surface area contributed by atoms with Gasteiger partial charge in [0, 0.05) is 29.9 Å². The van der Waals surface area contributed by atoms with Crippen molar-refractivity contribution >= 4 is 22.5 Å². The van der Waals surface area contributed by atoms with E-state index < -0.39 is 0 Å². The maximum absolute atomic E-state index is 13.1. The minimum atomic E-state index is -0.310. The van der Waals surface area contributed by atoms with E-state index in [-0.39, 0.29) is 28.9 Å². The number of rotatable bonds is 4. The van der Waals surface area contributed by atoms with Gasteiger partial charge in [-0.25, -0.2) is 0 Å². The van der Waals surface area contributed by atoms with E-state index in [1.54, 1.807) is 17.2 Å². The van der Waals surface area contributed by atoms with E-state index in [0.29, 0.717) is 12.1 Å². The van der Waals surface area contributed by atoms with Gasteiger partial charge in [-0.15, -0.1) is 0 Å². The van der Waals surface area contributed by atoms with Crippen LogP contribution in [-0.4, -0.2) is 27.6 Å². The van der Waals surface area contributed by atoms with Crippen LogP contribution < -0.4 is 4.90 Å². The maximum atomic E-state index is 13.1. The third-order valence-corrected chi connectivity index (χ3v) is 4.46.